The van der Waals surface area contributed by atoms with E-state index in [0.29, 0.717) is 25.7 Å². The van der Waals surface area contributed by atoms with Crippen molar-refractivity contribution in [3.63, 3.8) is 0 Å². The lowest BCUT2D eigenvalue weighted by atomic mass is 9.59. The number of benzene rings is 1. The van der Waals surface area contributed by atoms with Crippen LogP contribution in [0.5, 0.6) is 0 Å². The molecule has 4 aromatic rings. The number of nitrogens with zero attached hydrogens (tertiary/aromatic N) is 6. The first-order chi connectivity index (χ1) is 22.9. The third kappa shape index (κ3) is 5.34. The number of piperidine rings is 1. The van der Waals surface area contributed by atoms with Crippen LogP contribution < -0.4 is 10.9 Å². The van der Waals surface area contributed by atoms with Crippen molar-refractivity contribution in [1.29, 1.82) is 0 Å². The molecular formula is C31H26Cl2F3N7O5. The minimum atomic E-state index is -4.62. The number of amides is 2. The Morgan fingerprint density at radius 2 is 1.92 bits per heavy atom. The van der Waals surface area contributed by atoms with Crippen molar-refractivity contribution in [1.82, 2.24) is 29.0 Å². The maximum absolute atomic E-state index is 14.1. The second-order valence-corrected chi connectivity index (χ2v) is 12.6. The molecule has 1 saturated heterocycles. The summed E-state index contributed by atoms with van der Waals surface area (Å²) in [5, 5.41) is 18.6. The minimum Gasteiger partial charge on any atom is -0.386 e. The van der Waals surface area contributed by atoms with Gasteiger partial charge in [0.05, 0.1) is 45.8 Å². The highest BCUT2D eigenvalue weighted by Gasteiger charge is 2.57. The molecule has 7 rings (SSSR count). The van der Waals surface area contributed by atoms with E-state index in [-0.39, 0.29) is 76.1 Å². The number of pyridine rings is 1. The van der Waals surface area contributed by atoms with Crippen LogP contribution in [0.25, 0.3) is 11.4 Å². The lowest BCUT2D eigenvalue weighted by Crippen LogP contribution is -2.58. The molecule has 2 amide bonds. The van der Waals surface area contributed by atoms with Crippen LogP contribution in [0.4, 0.5) is 18.9 Å². The number of likely N-dealkylation sites (tertiary alicyclic amines) is 1. The fourth-order valence-corrected chi connectivity index (χ4v) is 7.05. The van der Waals surface area contributed by atoms with Gasteiger partial charge in [-0.15, -0.1) is 5.10 Å². The van der Waals surface area contributed by atoms with E-state index in [9.17, 15) is 32.7 Å². The molecule has 3 aromatic heterocycles. The number of ether oxygens (including phenoxy) is 1. The fraction of sp³-hybridized carbons (Fsp3) is 0.355. The van der Waals surface area contributed by atoms with Crippen molar-refractivity contribution in [2.75, 3.05) is 31.6 Å². The Hall–Kier alpha value is -4.31. The van der Waals surface area contributed by atoms with Crippen LogP contribution in [0.15, 0.2) is 47.4 Å². The van der Waals surface area contributed by atoms with E-state index in [1.165, 1.54) is 10.8 Å². The molecule has 5 heterocycles. The van der Waals surface area contributed by atoms with Crippen molar-refractivity contribution >= 4 is 52.1 Å². The first-order valence-electron chi connectivity index (χ1n) is 14.9. The third-order valence-corrected chi connectivity index (χ3v) is 9.71. The molecular weight excluding hydrogens is 678 g/mol. The molecule has 0 bridgehead atoms. The van der Waals surface area contributed by atoms with Gasteiger partial charge in [-0.05, 0) is 55.2 Å². The quantitative estimate of drug-likeness (QED) is 0.314. The predicted molar refractivity (Wildman–Crippen MR) is 167 cm³/mol. The number of rotatable bonds is 5. The van der Waals surface area contributed by atoms with Gasteiger partial charge in [-0.2, -0.15) is 22.7 Å². The van der Waals surface area contributed by atoms with Crippen LogP contribution in [0.2, 0.25) is 10.0 Å². The van der Waals surface area contributed by atoms with Crippen molar-refractivity contribution in [2.45, 2.75) is 43.5 Å². The lowest BCUT2D eigenvalue weighted by molar-refractivity contribution is -0.137. The third-order valence-electron chi connectivity index (χ3n) is 9.09. The topological polar surface area (TPSA) is 144 Å². The number of hydrogen-bond acceptors (Lipinski definition) is 8. The van der Waals surface area contributed by atoms with E-state index in [2.05, 4.69) is 20.4 Å². The molecule has 1 spiro atoms. The number of alkyl halides is 3. The molecule has 12 nitrogen and oxygen atoms in total. The van der Waals surface area contributed by atoms with Gasteiger partial charge in [0, 0.05) is 24.7 Å². The summed E-state index contributed by atoms with van der Waals surface area (Å²) in [5.41, 5.74) is -1.30. The second kappa shape index (κ2) is 12.0. The number of anilines is 1. The first kappa shape index (κ1) is 32.2. The number of aliphatic hydroxyl groups excluding tert-OH is 1. The molecule has 1 fully saturated rings. The average molecular weight is 704 g/mol. The maximum atomic E-state index is 14.1. The number of halogens is 5. The van der Waals surface area contributed by atoms with Gasteiger partial charge in [-0.1, -0.05) is 29.3 Å². The minimum absolute atomic E-state index is 0.00103. The normalized spacial score (nSPS) is 18.8. The van der Waals surface area contributed by atoms with Crippen molar-refractivity contribution in [3.8, 4) is 0 Å². The zero-order chi connectivity index (χ0) is 34.0. The number of fused-ring (bicyclic) bond motifs is 3. The smallest absolute Gasteiger partial charge is 0.386 e. The van der Waals surface area contributed by atoms with Crippen LogP contribution in [-0.4, -0.2) is 72.3 Å². The Balaban J connectivity index is 1.24. The first-order valence-corrected chi connectivity index (χ1v) is 15.7. The van der Waals surface area contributed by atoms with Crippen LogP contribution in [0.3, 0.4) is 0 Å². The molecule has 3 aliphatic rings. The van der Waals surface area contributed by atoms with Crippen molar-refractivity contribution in [3.05, 3.63) is 91.3 Å². The summed E-state index contributed by atoms with van der Waals surface area (Å²) < 4.78 is 47.3. The molecule has 17 heteroatoms. The van der Waals surface area contributed by atoms with Gasteiger partial charge in [-0.25, -0.2) is 4.98 Å². The monoisotopic (exact) mass is 703 g/mol. The SMILES string of the molecule is O=C(Cn1c2c(c(=O)n3nc(C4=CCOCC4)nc13)C1(CCN(C(=O)c3ncccc3Cl)CC1)C2O)Nc1ccc(C(F)(F)F)cc1Cl. The van der Waals surface area contributed by atoms with Gasteiger partial charge >= 0.3 is 6.18 Å². The number of carbonyl (C=O) groups is 2. The fourth-order valence-electron chi connectivity index (χ4n) is 6.62. The maximum Gasteiger partial charge on any atom is 0.416 e. The van der Waals surface area contributed by atoms with E-state index in [1.807, 2.05) is 0 Å². The zero-order valence-electron chi connectivity index (χ0n) is 24.9. The molecule has 1 unspecified atom stereocenters. The van der Waals surface area contributed by atoms with Crippen LogP contribution in [0.1, 0.15) is 58.5 Å². The molecule has 0 saturated carbocycles. The van der Waals surface area contributed by atoms with Gasteiger partial charge in [-0.3, -0.25) is 14.4 Å². The molecule has 1 aliphatic carbocycles. The largest absolute Gasteiger partial charge is 0.416 e. The van der Waals surface area contributed by atoms with E-state index in [4.69, 9.17) is 27.9 Å². The van der Waals surface area contributed by atoms with Crippen LogP contribution >= 0.6 is 23.2 Å². The number of aliphatic hydroxyl groups is 1. The molecule has 48 heavy (non-hydrogen) atoms. The number of carbonyl (C=O) groups excluding carboxylic acids is 2. The Kier molecular flexibility index (Phi) is 8.05. The average Bonchev–Trinajstić information content (AvgIpc) is 3.53. The van der Waals surface area contributed by atoms with Gasteiger partial charge in [0.25, 0.3) is 11.5 Å². The summed E-state index contributed by atoms with van der Waals surface area (Å²) in [6.07, 6.45) is -1.60. The molecule has 1 atom stereocenters. The highest BCUT2D eigenvalue weighted by Crippen LogP contribution is 2.54. The second-order valence-electron chi connectivity index (χ2n) is 11.8. The summed E-state index contributed by atoms with van der Waals surface area (Å²) >= 11 is 12.3. The number of hydrogen-bond donors (Lipinski definition) is 2. The number of nitrogens with one attached hydrogen (secondary N) is 1. The zero-order valence-corrected chi connectivity index (χ0v) is 26.4. The van der Waals surface area contributed by atoms with Crippen LogP contribution in [0, 0.1) is 0 Å². The Morgan fingerprint density at radius 1 is 1.15 bits per heavy atom. The Labute approximate surface area is 279 Å². The van der Waals surface area contributed by atoms with Gasteiger partial charge < -0.3 is 24.6 Å². The predicted octanol–water partition coefficient (Wildman–Crippen LogP) is 4.28. The number of aromatic nitrogens is 5. The Morgan fingerprint density at radius 3 is 2.58 bits per heavy atom. The standard InChI is InChI=1S/C31H26Cl2F3N7O5/c32-18-2-1-9-37-23(18)28(47)41-10-7-30(8-11-41)22-24(25(30)45)42(15-21(44)38-20-4-3-17(14-19(20)33)31(34,35)36)29-39-26(40-43(29)27(22)46)16-5-12-48-13-6-16/h1-5,9,14,25,45H,6-8,10-13,15H2,(H,38,44). The Bertz CT molecular complexity index is 2070. The van der Waals surface area contributed by atoms with Crippen LogP contribution in [-0.2, 0) is 27.7 Å². The van der Waals surface area contributed by atoms with Gasteiger partial charge in [0.15, 0.2) is 5.82 Å². The summed E-state index contributed by atoms with van der Waals surface area (Å²) in [6, 6.07) is 5.73. The van der Waals surface area contributed by atoms with E-state index in [0.717, 1.165) is 22.2 Å². The van der Waals surface area contributed by atoms with Gasteiger partial charge in [0.2, 0.25) is 11.7 Å². The lowest BCUT2D eigenvalue weighted by Gasteiger charge is -2.52. The van der Waals surface area contributed by atoms with E-state index < -0.39 is 41.3 Å². The highest BCUT2D eigenvalue weighted by atomic mass is 35.5. The molecule has 2 N–H and O–H groups in total. The molecule has 250 valence electrons. The summed E-state index contributed by atoms with van der Waals surface area (Å²) in [4.78, 5) is 50.8. The summed E-state index contributed by atoms with van der Waals surface area (Å²) in [6.45, 7) is 0.686. The summed E-state index contributed by atoms with van der Waals surface area (Å²) in [7, 11) is 0. The van der Waals surface area contributed by atoms with Crippen molar-refractivity contribution in [2.24, 2.45) is 0 Å². The summed E-state index contributed by atoms with van der Waals surface area (Å²) in [5.74, 6) is -0.806. The van der Waals surface area contributed by atoms with E-state index >= 15 is 0 Å². The van der Waals surface area contributed by atoms with E-state index in [1.54, 1.807) is 23.1 Å². The van der Waals surface area contributed by atoms with Gasteiger partial charge in [0.1, 0.15) is 18.3 Å². The van der Waals surface area contributed by atoms with Crippen molar-refractivity contribution < 1.29 is 32.6 Å². The molecule has 1 aromatic carbocycles. The molecule has 0 radical (unpaired) electrons. The molecule has 2 aliphatic heterocycles. The highest BCUT2D eigenvalue weighted by molar-refractivity contribution is 6.34.